The quantitative estimate of drug-likeness (QED) is 0.755. The summed E-state index contributed by atoms with van der Waals surface area (Å²) in [5.41, 5.74) is -0.171. The number of rotatable bonds is 7. The van der Waals surface area contributed by atoms with Gasteiger partial charge in [-0.3, -0.25) is 0 Å². The summed E-state index contributed by atoms with van der Waals surface area (Å²) in [6.07, 6.45) is 1.56. The number of aromatic nitrogens is 1. The lowest BCUT2D eigenvalue weighted by Gasteiger charge is -2.28. The highest BCUT2D eigenvalue weighted by atomic mass is 79.9. The van der Waals surface area contributed by atoms with Gasteiger partial charge >= 0.3 is 0 Å². The molecule has 0 amide bonds. The van der Waals surface area contributed by atoms with Crippen molar-refractivity contribution in [3.8, 4) is 0 Å². The number of anilines is 1. The van der Waals surface area contributed by atoms with Crippen LogP contribution in [0.4, 0.5) is 5.82 Å². The van der Waals surface area contributed by atoms with E-state index >= 15 is 0 Å². The minimum Gasteiger partial charge on any atom is -0.372 e. The number of sulfonamides is 1. The van der Waals surface area contributed by atoms with Gasteiger partial charge in [-0.15, -0.1) is 0 Å². The molecular weight excluding hydrogens is 356 g/mol. The van der Waals surface area contributed by atoms with Gasteiger partial charge in [0.1, 0.15) is 10.7 Å². The van der Waals surface area contributed by atoms with Crippen molar-refractivity contribution in [3.63, 3.8) is 0 Å². The molecule has 0 aliphatic heterocycles. The van der Waals surface area contributed by atoms with Crippen molar-refractivity contribution in [2.45, 2.75) is 18.7 Å². The lowest BCUT2D eigenvalue weighted by molar-refractivity contribution is 0.242. The van der Waals surface area contributed by atoms with Gasteiger partial charge in [-0.1, -0.05) is 13.8 Å². The largest absolute Gasteiger partial charge is 0.372 e. The monoisotopic (exact) mass is 378 g/mol. The molecule has 1 rings (SSSR count). The Labute approximate surface area is 135 Å². The topological polar surface area (TPSA) is 74.3 Å². The molecule has 2 N–H and O–H groups in total. The van der Waals surface area contributed by atoms with E-state index in [0.717, 1.165) is 6.54 Å². The van der Waals surface area contributed by atoms with Crippen molar-refractivity contribution in [3.05, 3.63) is 16.7 Å². The van der Waals surface area contributed by atoms with E-state index in [1.165, 1.54) is 0 Å². The molecule has 0 saturated carbocycles. The standard InChI is InChI=1S/C13H23BrN4O2S/c1-13(2,9-18(4)5)8-17-21(19,20)11-6-10(14)7-16-12(11)15-3/h6-7,17H,8-9H2,1-5H3,(H,15,16). The first-order valence-electron chi connectivity index (χ1n) is 6.55. The molecule has 120 valence electrons. The van der Waals surface area contributed by atoms with Crippen LogP contribution in [0.25, 0.3) is 0 Å². The SMILES string of the molecule is CNc1ncc(Br)cc1S(=O)(=O)NCC(C)(C)CN(C)C. The van der Waals surface area contributed by atoms with Gasteiger partial charge in [0, 0.05) is 30.8 Å². The summed E-state index contributed by atoms with van der Waals surface area (Å²) in [5.74, 6) is 0.330. The highest BCUT2D eigenvalue weighted by Gasteiger charge is 2.25. The number of halogens is 1. The summed E-state index contributed by atoms with van der Waals surface area (Å²) < 4.78 is 28.2. The van der Waals surface area contributed by atoms with Gasteiger partial charge in [-0.2, -0.15) is 0 Å². The molecule has 0 aliphatic carbocycles. The van der Waals surface area contributed by atoms with Gasteiger partial charge in [-0.25, -0.2) is 18.1 Å². The van der Waals surface area contributed by atoms with E-state index in [1.54, 1.807) is 19.3 Å². The Morgan fingerprint density at radius 2 is 2.00 bits per heavy atom. The van der Waals surface area contributed by atoms with Crippen LogP contribution in [-0.2, 0) is 10.0 Å². The fraction of sp³-hybridized carbons (Fsp3) is 0.615. The Balaban J connectivity index is 2.95. The Bertz CT molecular complexity index is 588. The molecule has 1 heterocycles. The van der Waals surface area contributed by atoms with E-state index in [9.17, 15) is 8.42 Å². The van der Waals surface area contributed by atoms with E-state index in [4.69, 9.17) is 0 Å². The minimum absolute atomic E-state index is 0.139. The van der Waals surface area contributed by atoms with E-state index in [-0.39, 0.29) is 10.3 Å². The fourth-order valence-corrected chi connectivity index (χ4v) is 4.00. The smallest absolute Gasteiger partial charge is 0.244 e. The van der Waals surface area contributed by atoms with Gasteiger partial charge in [-0.05, 0) is 41.5 Å². The third-order valence-electron chi connectivity index (χ3n) is 2.83. The molecule has 8 heteroatoms. The number of nitrogens with one attached hydrogen (secondary N) is 2. The summed E-state index contributed by atoms with van der Waals surface area (Å²) in [4.78, 5) is 6.25. The van der Waals surface area contributed by atoms with Crippen LogP contribution in [0.2, 0.25) is 0 Å². The minimum atomic E-state index is -3.62. The average molecular weight is 379 g/mol. The zero-order valence-electron chi connectivity index (χ0n) is 13.1. The van der Waals surface area contributed by atoms with Gasteiger partial charge in [0.25, 0.3) is 0 Å². The second-order valence-electron chi connectivity index (χ2n) is 5.98. The molecule has 0 bridgehead atoms. The number of hydrogen-bond acceptors (Lipinski definition) is 5. The first-order chi connectivity index (χ1) is 9.57. The maximum Gasteiger partial charge on any atom is 0.244 e. The number of nitrogens with zero attached hydrogens (tertiary/aromatic N) is 2. The van der Waals surface area contributed by atoms with Crippen LogP contribution in [0.5, 0.6) is 0 Å². The van der Waals surface area contributed by atoms with Crippen LogP contribution in [0.1, 0.15) is 13.8 Å². The van der Waals surface area contributed by atoms with Crippen LogP contribution in [-0.4, -0.2) is 52.5 Å². The molecule has 6 nitrogen and oxygen atoms in total. The highest BCUT2D eigenvalue weighted by molar-refractivity contribution is 9.10. The van der Waals surface area contributed by atoms with Gasteiger partial charge in [0.15, 0.2) is 0 Å². The summed E-state index contributed by atoms with van der Waals surface area (Å²) in [6, 6.07) is 1.54. The van der Waals surface area contributed by atoms with Crippen molar-refractivity contribution in [2.75, 3.05) is 39.5 Å². The molecule has 0 aliphatic rings. The molecule has 0 saturated heterocycles. The number of hydrogen-bond donors (Lipinski definition) is 2. The zero-order chi connectivity index (χ0) is 16.3. The van der Waals surface area contributed by atoms with Crippen molar-refractivity contribution < 1.29 is 8.42 Å². The van der Waals surface area contributed by atoms with Crippen molar-refractivity contribution in [2.24, 2.45) is 5.41 Å². The fourth-order valence-electron chi connectivity index (χ4n) is 2.09. The molecule has 21 heavy (non-hydrogen) atoms. The normalized spacial score (nSPS) is 12.7. The lowest BCUT2D eigenvalue weighted by atomic mass is 9.93. The first kappa shape index (κ1) is 18.3. The molecular formula is C13H23BrN4O2S. The predicted octanol–water partition coefficient (Wildman–Crippen LogP) is 1.75. The van der Waals surface area contributed by atoms with Crippen LogP contribution in [0.3, 0.4) is 0 Å². The van der Waals surface area contributed by atoms with Gasteiger partial charge in [0.2, 0.25) is 10.0 Å². The van der Waals surface area contributed by atoms with Crippen LogP contribution in [0, 0.1) is 5.41 Å². The second-order valence-corrected chi connectivity index (χ2v) is 8.63. The molecule has 0 spiro atoms. The van der Waals surface area contributed by atoms with Crippen LogP contribution < -0.4 is 10.0 Å². The summed E-state index contributed by atoms with van der Waals surface area (Å²) >= 11 is 3.25. The molecule has 0 atom stereocenters. The van der Waals surface area contributed by atoms with E-state index in [2.05, 4.69) is 31.0 Å². The van der Waals surface area contributed by atoms with Crippen molar-refractivity contribution in [1.82, 2.24) is 14.6 Å². The van der Waals surface area contributed by atoms with Crippen LogP contribution >= 0.6 is 15.9 Å². The zero-order valence-corrected chi connectivity index (χ0v) is 15.5. The van der Waals surface area contributed by atoms with E-state index < -0.39 is 10.0 Å². The predicted molar refractivity (Wildman–Crippen MR) is 89.0 cm³/mol. The Morgan fingerprint density at radius 1 is 1.38 bits per heavy atom. The van der Waals surface area contributed by atoms with E-state index in [0.29, 0.717) is 16.8 Å². The van der Waals surface area contributed by atoms with Gasteiger partial charge in [0.05, 0.1) is 0 Å². The molecule has 0 radical (unpaired) electrons. The van der Waals surface area contributed by atoms with Crippen molar-refractivity contribution >= 4 is 31.8 Å². The number of pyridine rings is 1. The third kappa shape index (κ3) is 5.54. The maximum atomic E-state index is 12.5. The van der Waals surface area contributed by atoms with Gasteiger partial charge < -0.3 is 10.2 Å². The van der Waals surface area contributed by atoms with E-state index in [1.807, 2.05) is 32.8 Å². The molecule has 0 unspecified atom stereocenters. The third-order valence-corrected chi connectivity index (χ3v) is 4.68. The Kier molecular flexibility index (Phi) is 6.15. The van der Waals surface area contributed by atoms with Crippen molar-refractivity contribution in [1.29, 1.82) is 0 Å². The van der Waals surface area contributed by atoms with Crippen LogP contribution in [0.15, 0.2) is 21.6 Å². The Hall–Kier alpha value is -0.700. The maximum absolute atomic E-state index is 12.5. The molecule has 0 aromatic carbocycles. The Morgan fingerprint density at radius 3 is 2.52 bits per heavy atom. The molecule has 1 aromatic rings. The summed E-state index contributed by atoms with van der Waals surface area (Å²) in [7, 11) is 1.96. The molecule has 1 aromatic heterocycles. The lowest BCUT2D eigenvalue weighted by Crippen LogP contribution is -2.40. The first-order valence-corrected chi connectivity index (χ1v) is 8.83. The summed E-state index contributed by atoms with van der Waals surface area (Å²) in [6.45, 7) is 5.18. The second kappa shape index (κ2) is 7.04. The summed E-state index contributed by atoms with van der Waals surface area (Å²) in [5, 5.41) is 2.80. The molecule has 0 fully saturated rings. The highest BCUT2D eigenvalue weighted by Crippen LogP contribution is 2.23. The average Bonchev–Trinajstić information content (AvgIpc) is 2.35.